The van der Waals surface area contributed by atoms with Crippen LogP contribution >= 0.6 is 0 Å². The third kappa shape index (κ3) is 4.07. The van der Waals surface area contributed by atoms with Crippen LogP contribution in [-0.4, -0.2) is 19.2 Å². The molecule has 0 saturated carbocycles. The summed E-state index contributed by atoms with van der Waals surface area (Å²) < 4.78 is 10.9. The Balaban J connectivity index is 2.07. The second kappa shape index (κ2) is 7.65. The first-order valence-electron chi connectivity index (χ1n) is 7.05. The van der Waals surface area contributed by atoms with Crippen molar-refractivity contribution in [1.29, 1.82) is 0 Å². The molecule has 0 aliphatic heterocycles. The second-order valence-electron chi connectivity index (χ2n) is 4.60. The van der Waals surface area contributed by atoms with Gasteiger partial charge in [0.05, 0.1) is 12.2 Å². The van der Waals surface area contributed by atoms with Gasteiger partial charge in [-0.3, -0.25) is 0 Å². The van der Waals surface area contributed by atoms with Crippen LogP contribution in [0.4, 0.5) is 0 Å². The molecule has 0 aromatic heterocycles. The maximum Gasteiger partial charge on any atom is 0.343 e. The molecular formula is C17H20O3. The largest absolute Gasteiger partial charge is 0.423 e. The summed E-state index contributed by atoms with van der Waals surface area (Å²) in [7, 11) is 0. The molecule has 0 bridgehead atoms. The van der Waals surface area contributed by atoms with E-state index in [1.165, 1.54) is 0 Å². The molecule has 1 aromatic rings. The van der Waals surface area contributed by atoms with Gasteiger partial charge in [0.25, 0.3) is 0 Å². The van der Waals surface area contributed by atoms with Gasteiger partial charge in [0.1, 0.15) is 5.76 Å². The average molecular weight is 272 g/mol. The lowest BCUT2D eigenvalue weighted by Crippen LogP contribution is -2.07. The number of carbonyl (C=O) groups excluding carboxylic acids is 1. The number of ether oxygens (including phenoxy) is 2. The monoisotopic (exact) mass is 272 g/mol. The molecule has 1 aromatic carbocycles. The van der Waals surface area contributed by atoms with E-state index in [2.05, 4.69) is 6.08 Å². The first kappa shape index (κ1) is 14.5. The van der Waals surface area contributed by atoms with Crippen molar-refractivity contribution in [3.63, 3.8) is 0 Å². The fraction of sp³-hybridized carbons (Fsp3) is 0.353. The minimum atomic E-state index is -0.318. The Bertz CT molecular complexity index is 500. The molecule has 3 nitrogen and oxygen atoms in total. The normalized spacial score (nSPS) is 15.1. The summed E-state index contributed by atoms with van der Waals surface area (Å²) in [4.78, 5) is 12.1. The fourth-order valence-corrected chi connectivity index (χ4v) is 2.12. The van der Waals surface area contributed by atoms with Crippen molar-refractivity contribution in [2.75, 3.05) is 13.2 Å². The van der Waals surface area contributed by atoms with Gasteiger partial charge >= 0.3 is 5.97 Å². The molecule has 0 N–H and O–H groups in total. The molecule has 0 saturated heterocycles. The summed E-state index contributed by atoms with van der Waals surface area (Å²) in [5.74, 6) is 0.325. The molecule has 0 atom stereocenters. The lowest BCUT2D eigenvalue weighted by Gasteiger charge is -2.10. The molecule has 0 unspecified atom stereocenters. The molecule has 0 amide bonds. The summed E-state index contributed by atoms with van der Waals surface area (Å²) in [5.41, 5.74) is 1.67. The Labute approximate surface area is 119 Å². The molecule has 0 heterocycles. The van der Waals surface area contributed by atoms with Crippen LogP contribution in [-0.2, 0) is 9.47 Å². The Hall–Kier alpha value is -1.87. The van der Waals surface area contributed by atoms with Gasteiger partial charge < -0.3 is 9.47 Å². The van der Waals surface area contributed by atoms with Gasteiger partial charge in [-0.25, -0.2) is 4.79 Å². The molecule has 1 aliphatic rings. The smallest absolute Gasteiger partial charge is 0.343 e. The third-order valence-corrected chi connectivity index (χ3v) is 3.16. The Morgan fingerprint density at radius 2 is 2.10 bits per heavy atom. The van der Waals surface area contributed by atoms with Crippen molar-refractivity contribution in [3.8, 4) is 0 Å². The van der Waals surface area contributed by atoms with E-state index in [-0.39, 0.29) is 5.97 Å². The van der Waals surface area contributed by atoms with Gasteiger partial charge in [-0.15, -0.1) is 0 Å². The number of carbonyl (C=O) groups is 1. The summed E-state index contributed by atoms with van der Waals surface area (Å²) in [6.45, 7) is 3.05. The van der Waals surface area contributed by atoms with Crippen molar-refractivity contribution >= 4 is 5.97 Å². The first-order valence-corrected chi connectivity index (χ1v) is 7.05. The summed E-state index contributed by atoms with van der Waals surface area (Å²) >= 11 is 0. The zero-order valence-corrected chi connectivity index (χ0v) is 11.8. The van der Waals surface area contributed by atoms with Crippen LogP contribution in [0.2, 0.25) is 0 Å². The number of hydrogen-bond donors (Lipinski definition) is 0. The standard InChI is InChI=1S/C17H20O3/c1-2-19-13-12-16(14-8-6-7-9-14)20-17(18)15-10-4-3-5-11-15/h3-5,8,10-12H,2,6-7,9,13H2,1H3/b16-12+. The number of allylic oxidation sites excluding steroid dienone is 2. The van der Waals surface area contributed by atoms with Gasteiger partial charge in [-0.2, -0.15) is 0 Å². The highest BCUT2D eigenvalue weighted by atomic mass is 16.5. The van der Waals surface area contributed by atoms with E-state index in [0.717, 1.165) is 24.8 Å². The zero-order valence-electron chi connectivity index (χ0n) is 11.8. The van der Waals surface area contributed by atoms with Crippen molar-refractivity contribution in [3.05, 3.63) is 59.4 Å². The van der Waals surface area contributed by atoms with E-state index in [0.29, 0.717) is 24.5 Å². The van der Waals surface area contributed by atoms with Crippen molar-refractivity contribution in [2.45, 2.75) is 26.2 Å². The van der Waals surface area contributed by atoms with E-state index in [1.54, 1.807) is 12.1 Å². The van der Waals surface area contributed by atoms with Gasteiger partial charge in [-0.05, 0) is 50.0 Å². The molecule has 0 fully saturated rings. The number of benzene rings is 1. The Morgan fingerprint density at radius 1 is 1.30 bits per heavy atom. The molecule has 2 rings (SSSR count). The van der Waals surface area contributed by atoms with E-state index in [9.17, 15) is 4.79 Å². The Kier molecular flexibility index (Phi) is 5.56. The van der Waals surface area contributed by atoms with E-state index >= 15 is 0 Å². The molecule has 3 heteroatoms. The lowest BCUT2D eigenvalue weighted by atomic mass is 10.2. The minimum absolute atomic E-state index is 0.318. The highest BCUT2D eigenvalue weighted by Crippen LogP contribution is 2.26. The highest BCUT2D eigenvalue weighted by molar-refractivity contribution is 5.90. The van der Waals surface area contributed by atoms with Crippen molar-refractivity contribution in [2.24, 2.45) is 0 Å². The van der Waals surface area contributed by atoms with Gasteiger partial charge in [0.15, 0.2) is 0 Å². The molecule has 1 aliphatic carbocycles. The SMILES string of the molecule is CCOC/C=C(/OC(=O)c1ccccc1)C1=CCCC1. The van der Waals surface area contributed by atoms with Gasteiger partial charge in [-0.1, -0.05) is 24.3 Å². The van der Waals surface area contributed by atoms with Crippen LogP contribution < -0.4 is 0 Å². The Morgan fingerprint density at radius 3 is 2.75 bits per heavy atom. The molecule has 0 radical (unpaired) electrons. The zero-order chi connectivity index (χ0) is 14.2. The molecular weight excluding hydrogens is 252 g/mol. The predicted octanol–water partition coefficient (Wildman–Crippen LogP) is 3.87. The van der Waals surface area contributed by atoms with Crippen LogP contribution in [0.3, 0.4) is 0 Å². The summed E-state index contributed by atoms with van der Waals surface area (Å²) in [5, 5.41) is 0. The number of esters is 1. The lowest BCUT2D eigenvalue weighted by molar-refractivity contribution is 0.0627. The maximum atomic E-state index is 12.1. The highest BCUT2D eigenvalue weighted by Gasteiger charge is 2.15. The minimum Gasteiger partial charge on any atom is -0.423 e. The van der Waals surface area contributed by atoms with Crippen LogP contribution in [0.25, 0.3) is 0 Å². The van der Waals surface area contributed by atoms with Crippen LogP contribution in [0.1, 0.15) is 36.5 Å². The van der Waals surface area contributed by atoms with Gasteiger partial charge in [0.2, 0.25) is 0 Å². The van der Waals surface area contributed by atoms with E-state index in [1.807, 2.05) is 31.2 Å². The van der Waals surface area contributed by atoms with Crippen LogP contribution in [0.15, 0.2) is 53.8 Å². The second-order valence-corrected chi connectivity index (χ2v) is 4.60. The fourth-order valence-electron chi connectivity index (χ4n) is 2.12. The van der Waals surface area contributed by atoms with Crippen LogP contribution in [0, 0.1) is 0 Å². The average Bonchev–Trinajstić information content (AvgIpc) is 3.01. The summed E-state index contributed by atoms with van der Waals surface area (Å²) in [6.07, 6.45) is 7.10. The van der Waals surface area contributed by atoms with Crippen LogP contribution in [0.5, 0.6) is 0 Å². The molecule has 20 heavy (non-hydrogen) atoms. The molecule has 0 spiro atoms. The summed E-state index contributed by atoms with van der Waals surface area (Å²) in [6, 6.07) is 9.04. The topological polar surface area (TPSA) is 35.5 Å². The molecule has 106 valence electrons. The van der Waals surface area contributed by atoms with Gasteiger partial charge in [0, 0.05) is 6.61 Å². The van der Waals surface area contributed by atoms with E-state index < -0.39 is 0 Å². The van der Waals surface area contributed by atoms with E-state index in [4.69, 9.17) is 9.47 Å². The first-order chi connectivity index (χ1) is 9.81. The quantitative estimate of drug-likeness (QED) is 0.448. The maximum absolute atomic E-state index is 12.1. The predicted molar refractivity (Wildman–Crippen MR) is 78.4 cm³/mol. The van der Waals surface area contributed by atoms with Crippen molar-refractivity contribution < 1.29 is 14.3 Å². The number of hydrogen-bond acceptors (Lipinski definition) is 3. The van der Waals surface area contributed by atoms with Crippen molar-refractivity contribution in [1.82, 2.24) is 0 Å². The number of rotatable bonds is 6. The third-order valence-electron chi connectivity index (χ3n) is 3.16.